The largest absolute Gasteiger partial charge is 0.493 e. The van der Waals surface area contributed by atoms with E-state index in [0.717, 1.165) is 37.0 Å². The summed E-state index contributed by atoms with van der Waals surface area (Å²) in [4.78, 5) is 19.6. The van der Waals surface area contributed by atoms with Gasteiger partial charge in [0.1, 0.15) is 0 Å². The van der Waals surface area contributed by atoms with Gasteiger partial charge >= 0.3 is 0 Å². The van der Waals surface area contributed by atoms with Gasteiger partial charge in [-0.2, -0.15) is 0 Å². The first-order chi connectivity index (χ1) is 14.7. The summed E-state index contributed by atoms with van der Waals surface area (Å²) < 4.78 is 11.8. The van der Waals surface area contributed by atoms with Gasteiger partial charge in [0.15, 0.2) is 11.5 Å². The van der Waals surface area contributed by atoms with Gasteiger partial charge in [-0.3, -0.25) is 9.69 Å². The van der Waals surface area contributed by atoms with Crippen LogP contribution >= 0.6 is 11.3 Å². The smallest absolute Gasteiger partial charge is 0.234 e. The molecule has 0 saturated carbocycles. The highest BCUT2D eigenvalue weighted by Crippen LogP contribution is 2.33. The maximum absolute atomic E-state index is 12.5. The van der Waals surface area contributed by atoms with Crippen LogP contribution in [-0.4, -0.2) is 49.6 Å². The highest BCUT2D eigenvalue weighted by Gasteiger charge is 2.25. The molecule has 0 radical (unpaired) electrons. The highest BCUT2D eigenvalue weighted by molar-refractivity contribution is 7.18. The lowest BCUT2D eigenvalue weighted by Crippen LogP contribution is -2.41. The Morgan fingerprint density at radius 3 is 2.83 bits per heavy atom. The number of fused-ring (bicyclic) bond motifs is 1. The number of para-hydroxylation sites is 1. The number of amides is 1. The van der Waals surface area contributed by atoms with E-state index in [-0.39, 0.29) is 5.91 Å². The van der Waals surface area contributed by atoms with E-state index >= 15 is 0 Å². The first kappa shape index (κ1) is 20.6. The highest BCUT2D eigenvalue weighted by atomic mass is 32.1. The molecule has 1 N–H and O–H groups in total. The zero-order chi connectivity index (χ0) is 20.9. The molecule has 7 heteroatoms. The van der Waals surface area contributed by atoms with Crippen molar-refractivity contribution in [3.05, 3.63) is 53.0 Å². The Kier molecular flexibility index (Phi) is 6.50. The van der Waals surface area contributed by atoms with Crippen molar-refractivity contribution in [2.45, 2.75) is 25.3 Å². The summed E-state index contributed by atoms with van der Waals surface area (Å²) >= 11 is 1.78. The number of likely N-dealkylation sites (tertiary alicyclic amines) is 1. The second-order valence-corrected chi connectivity index (χ2v) is 8.62. The minimum Gasteiger partial charge on any atom is -0.493 e. The first-order valence-corrected chi connectivity index (χ1v) is 11.0. The van der Waals surface area contributed by atoms with Crippen molar-refractivity contribution in [1.29, 1.82) is 0 Å². The van der Waals surface area contributed by atoms with E-state index in [9.17, 15) is 4.79 Å². The van der Waals surface area contributed by atoms with Crippen molar-refractivity contribution in [1.82, 2.24) is 15.2 Å². The molecular weight excluding hydrogens is 398 g/mol. The Morgan fingerprint density at radius 2 is 2.03 bits per heavy atom. The molecule has 1 aliphatic heterocycles. The van der Waals surface area contributed by atoms with Crippen molar-refractivity contribution in [3.63, 3.8) is 0 Å². The standard InChI is InChI=1S/C23H27N3O3S/c1-28-19-10-9-16(12-20(19)29-2)13-24-22(27)15-26-11-5-6-17(14-26)23-25-18-7-3-4-8-21(18)30-23/h3-4,7-10,12,17H,5-6,11,13-15H2,1-2H3,(H,24,27)/t17-/m0/s1. The zero-order valence-corrected chi connectivity index (χ0v) is 18.2. The van der Waals surface area contributed by atoms with E-state index in [4.69, 9.17) is 14.5 Å². The van der Waals surface area contributed by atoms with Crippen LogP contribution in [0.25, 0.3) is 10.2 Å². The summed E-state index contributed by atoms with van der Waals surface area (Å²) in [7, 11) is 3.22. The third kappa shape index (κ3) is 4.74. The maximum Gasteiger partial charge on any atom is 0.234 e. The molecule has 158 valence electrons. The minimum atomic E-state index is 0.0368. The molecule has 0 bridgehead atoms. The van der Waals surface area contributed by atoms with Crippen molar-refractivity contribution in [2.75, 3.05) is 33.9 Å². The van der Waals surface area contributed by atoms with Crippen LogP contribution in [0.3, 0.4) is 0 Å². The van der Waals surface area contributed by atoms with Gasteiger partial charge in [-0.15, -0.1) is 11.3 Å². The van der Waals surface area contributed by atoms with Crippen LogP contribution in [0, 0.1) is 0 Å². The van der Waals surface area contributed by atoms with Gasteiger partial charge in [0.2, 0.25) is 5.91 Å². The summed E-state index contributed by atoms with van der Waals surface area (Å²) in [6.45, 7) is 2.71. The summed E-state index contributed by atoms with van der Waals surface area (Å²) in [6.07, 6.45) is 2.22. The second-order valence-electron chi connectivity index (χ2n) is 7.56. The number of aromatic nitrogens is 1. The maximum atomic E-state index is 12.5. The van der Waals surface area contributed by atoms with Gasteiger partial charge in [0, 0.05) is 19.0 Å². The fourth-order valence-electron chi connectivity index (χ4n) is 3.92. The number of ether oxygens (including phenoxy) is 2. The molecule has 1 aliphatic rings. The fraction of sp³-hybridized carbons (Fsp3) is 0.391. The predicted molar refractivity (Wildman–Crippen MR) is 119 cm³/mol. The predicted octanol–water partition coefficient (Wildman–Crippen LogP) is 3.81. The summed E-state index contributed by atoms with van der Waals surface area (Å²) in [5.41, 5.74) is 2.05. The lowest BCUT2D eigenvalue weighted by atomic mass is 9.99. The van der Waals surface area contributed by atoms with E-state index in [1.54, 1.807) is 25.6 Å². The van der Waals surface area contributed by atoms with Gasteiger partial charge < -0.3 is 14.8 Å². The molecule has 4 rings (SSSR count). The fourth-order valence-corrected chi connectivity index (χ4v) is 5.01. The molecule has 1 saturated heterocycles. The molecule has 0 aliphatic carbocycles. The van der Waals surface area contributed by atoms with Crippen LogP contribution in [0.2, 0.25) is 0 Å². The molecule has 6 nitrogen and oxygen atoms in total. The number of rotatable bonds is 7. The Hall–Kier alpha value is -2.64. The monoisotopic (exact) mass is 425 g/mol. The van der Waals surface area contributed by atoms with Crippen molar-refractivity contribution < 1.29 is 14.3 Å². The van der Waals surface area contributed by atoms with Crippen molar-refractivity contribution in [3.8, 4) is 11.5 Å². The molecule has 1 fully saturated rings. The van der Waals surface area contributed by atoms with Crippen LogP contribution in [0.1, 0.15) is 29.3 Å². The van der Waals surface area contributed by atoms with E-state index in [1.165, 1.54) is 9.71 Å². The number of piperidine rings is 1. The summed E-state index contributed by atoms with van der Waals surface area (Å²) in [5, 5.41) is 4.21. The molecule has 0 unspecified atom stereocenters. The second kappa shape index (κ2) is 9.45. The van der Waals surface area contributed by atoms with Gasteiger partial charge in [-0.25, -0.2) is 4.98 Å². The molecule has 3 aromatic rings. The van der Waals surface area contributed by atoms with Gasteiger partial charge in [0.25, 0.3) is 0 Å². The van der Waals surface area contributed by atoms with Crippen LogP contribution in [0.5, 0.6) is 11.5 Å². The van der Waals surface area contributed by atoms with Crippen LogP contribution in [0.4, 0.5) is 0 Å². The number of carbonyl (C=O) groups excluding carboxylic acids is 1. The van der Waals surface area contributed by atoms with Gasteiger partial charge in [-0.05, 0) is 49.2 Å². The lowest BCUT2D eigenvalue weighted by molar-refractivity contribution is -0.122. The number of nitrogens with zero attached hydrogens (tertiary/aromatic N) is 2. The Labute approximate surface area is 180 Å². The zero-order valence-electron chi connectivity index (χ0n) is 17.4. The topological polar surface area (TPSA) is 63.7 Å². The number of carbonyl (C=O) groups is 1. The SMILES string of the molecule is COc1ccc(CNC(=O)CN2CCC[C@H](c3nc4ccccc4s3)C2)cc1OC. The van der Waals surface area contributed by atoms with Crippen molar-refractivity contribution in [2.24, 2.45) is 0 Å². The Bertz CT molecular complexity index is 987. The van der Waals surface area contributed by atoms with Gasteiger partial charge in [0.05, 0.1) is 36.0 Å². The van der Waals surface area contributed by atoms with Gasteiger partial charge in [-0.1, -0.05) is 18.2 Å². The summed E-state index contributed by atoms with van der Waals surface area (Å²) in [6, 6.07) is 14.0. The Morgan fingerprint density at radius 1 is 1.20 bits per heavy atom. The van der Waals surface area contributed by atoms with Crippen LogP contribution in [0.15, 0.2) is 42.5 Å². The number of benzene rings is 2. The van der Waals surface area contributed by atoms with E-state index in [2.05, 4.69) is 28.4 Å². The molecule has 30 heavy (non-hydrogen) atoms. The van der Waals surface area contributed by atoms with E-state index in [0.29, 0.717) is 30.5 Å². The third-order valence-electron chi connectivity index (χ3n) is 5.47. The number of hydrogen-bond acceptors (Lipinski definition) is 6. The van der Waals surface area contributed by atoms with Crippen LogP contribution in [-0.2, 0) is 11.3 Å². The normalized spacial score (nSPS) is 17.1. The number of thiazole rings is 1. The average Bonchev–Trinajstić information content (AvgIpc) is 3.22. The molecule has 1 atom stereocenters. The lowest BCUT2D eigenvalue weighted by Gasteiger charge is -2.31. The van der Waals surface area contributed by atoms with E-state index in [1.807, 2.05) is 24.3 Å². The molecule has 0 spiro atoms. The number of hydrogen-bond donors (Lipinski definition) is 1. The number of nitrogens with one attached hydrogen (secondary N) is 1. The van der Waals surface area contributed by atoms with Crippen LogP contribution < -0.4 is 14.8 Å². The molecule has 1 amide bonds. The quantitative estimate of drug-likeness (QED) is 0.624. The molecule has 1 aromatic heterocycles. The third-order valence-corrected chi connectivity index (χ3v) is 6.67. The van der Waals surface area contributed by atoms with E-state index < -0.39 is 0 Å². The minimum absolute atomic E-state index is 0.0368. The number of methoxy groups -OCH3 is 2. The average molecular weight is 426 g/mol. The first-order valence-electron chi connectivity index (χ1n) is 10.2. The molecular formula is C23H27N3O3S. The Balaban J connectivity index is 1.32. The molecule has 2 aromatic carbocycles. The molecule has 2 heterocycles. The van der Waals surface area contributed by atoms with Crippen molar-refractivity contribution >= 4 is 27.5 Å². The summed E-state index contributed by atoms with van der Waals surface area (Å²) in [5.74, 6) is 1.78.